The van der Waals surface area contributed by atoms with E-state index < -0.39 is 0 Å². The molecule has 1 fully saturated rings. The molecule has 0 aliphatic carbocycles. The second-order valence-corrected chi connectivity index (χ2v) is 6.02. The number of nitrogens with one attached hydrogen (secondary N) is 2. The van der Waals surface area contributed by atoms with E-state index >= 15 is 0 Å². The van der Waals surface area contributed by atoms with Crippen molar-refractivity contribution in [2.75, 3.05) is 6.54 Å². The molecule has 1 aromatic carbocycles. The van der Waals surface area contributed by atoms with E-state index in [9.17, 15) is 9.59 Å². The van der Waals surface area contributed by atoms with Crippen LogP contribution >= 0.6 is 15.9 Å². The van der Waals surface area contributed by atoms with Gasteiger partial charge in [0.2, 0.25) is 11.8 Å². The number of carbonyl (C=O) groups excluding carboxylic acids is 2. The molecule has 0 saturated carbocycles. The van der Waals surface area contributed by atoms with Gasteiger partial charge in [-0.25, -0.2) is 0 Å². The first kappa shape index (κ1) is 13.6. The average Bonchev–Trinajstić information content (AvgIpc) is 2.79. The molecule has 2 aliphatic heterocycles. The van der Waals surface area contributed by atoms with Crippen LogP contribution in [0.25, 0.3) is 0 Å². The van der Waals surface area contributed by atoms with Crippen molar-refractivity contribution in [3.63, 3.8) is 0 Å². The third-order valence-electron chi connectivity index (χ3n) is 3.59. The number of carbonyl (C=O) groups is 2. The summed E-state index contributed by atoms with van der Waals surface area (Å²) in [4.78, 5) is 22.7. The zero-order valence-electron chi connectivity index (χ0n) is 10.8. The molecule has 2 N–H and O–H groups in total. The highest BCUT2D eigenvalue weighted by atomic mass is 79.9. The van der Waals surface area contributed by atoms with E-state index in [1.165, 1.54) is 5.56 Å². The van der Waals surface area contributed by atoms with Crippen molar-refractivity contribution < 1.29 is 14.3 Å². The van der Waals surface area contributed by atoms with Gasteiger partial charge in [0, 0.05) is 23.9 Å². The smallest absolute Gasteiger partial charge is 0.243 e. The van der Waals surface area contributed by atoms with Crippen LogP contribution in [0.5, 0.6) is 5.75 Å². The zero-order valence-corrected chi connectivity index (χ0v) is 12.4. The lowest BCUT2D eigenvalue weighted by molar-refractivity contribution is -0.134. The summed E-state index contributed by atoms with van der Waals surface area (Å²) in [5.41, 5.74) is 1.18. The fourth-order valence-corrected chi connectivity index (χ4v) is 2.97. The molecule has 20 heavy (non-hydrogen) atoms. The summed E-state index contributed by atoms with van der Waals surface area (Å²) in [6, 6.07) is 5.66. The Bertz CT molecular complexity index is 561. The minimum atomic E-state index is -0.299. The third-order valence-corrected chi connectivity index (χ3v) is 4.09. The molecule has 6 heteroatoms. The van der Waals surface area contributed by atoms with Crippen molar-refractivity contribution >= 4 is 27.7 Å². The number of rotatable bonds is 3. The summed E-state index contributed by atoms with van der Waals surface area (Å²) >= 11 is 3.44. The van der Waals surface area contributed by atoms with Crippen LogP contribution < -0.4 is 15.4 Å². The van der Waals surface area contributed by atoms with Crippen molar-refractivity contribution in [1.82, 2.24) is 10.6 Å². The second-order valence-electron chi connectivity index (χ2n) is 5.11. The van der Waals surface area contributed by atoms with E-state index in [0.717, 1.165) is 16.6 Å². The van der Waals surface area contributed by atoms with E-state index in [0.29, 0.717) is 19.4 Å². The minimum Gasteiger partial charge on any atom is -0.488 e. The number of amides is 2. The monoisotopic (exact) mass is 338 g/mol. The number of ether oxygens (including phenoxy) is 1. The Morgan fingerprint density at radius 3 is 3.05 bits per heavy atom. The predicted molar refractivity (Wildman–Crippen MR) is 76.4 cm³/mol. The van der Waals surface area contributed by atoms with Gasteiger partial charge in [-0.3, -0.25) is 14.9 Å². The number of fused-ring (bicyclic) bond motifs is 1. The Kier molecular flexibility index (Phi) is 3.76. The van der Waals surface area contributed by atoms with Gasteiger partial charge in [-0.2, -0.15) is 0 Å². The molecule has 2 atom stereocenters. The van der Waals surface area contributed by atoms with E-state index in [1.54, 1.807) is 0 Å². The molecule has 2 amide bonds. The number of benzene rings is 1. The van der Waals surface area contributed by atoms with Gasteiger partial charge in [-0.1, -0.05) is 15.9 Å². The van der Waals surface area contributed by atoms with Gasteiger partial charge in [0.15, 0.2) is 0 Å². The molecule has 5 nitrogen and oxygen atoms in total. The van der Waals surface area contributed by atoms with Crippen LogP contribution in [-0.4, -0.2) is 30.5 Å². The van der Waals surface area contributed by atoms with Gasteiger partial charge >= 0.3 is 0 Å². The summed E-state index contributed by atoms with van der Waals surface area (Å²) in [7, 11) is 0. The van der Waals surface area contributed by atoms with Crippen LogP contribution in [0.4, 0.5) is 0 Å². The van der Waals surface area contributed by atoms with Crippen LogP contribution in [0.2, 0.25) is 0 Å². The van der Waals surface area contributed by atoms with Crippen LogP contribution in [0.3, 0.4) is 0 Å². The van der Waals surface area contributed by atoms with Crippen molar-refractivity contribution in [2.45, 2.75) is 31.4 Å². The molecule has 0 radical (unpaired) electrons. The first-order chi connectivity index (χ1) is 9.61. The van der Waals surface area contributed by atoms with Gasteiger partial charge in [0.05, 0.1) is 6.04 Å². The molecule has 0 aromatic heterocycles. The first-order valence-corrected chi connectivity index (χ1v) is 7.43. The molecular weight excluding hydrogens is 324 g/mol. The standard InChI is InChI=1S/C14H15BrN2O3/c15-9-1-3-12-8(5-9)6-10(20-12)7-16-11-2-4-13(18)17-14(11)19/h1,3,5,10-11,16H,2,4,6-7H2,(H,17,18,19). The lowest BCUT2D eigenvalue weighted by Gasteiger charge is -2.23. The molecular formula is C14H15BrN2O3. The lowest BCUT2D eigenvalue weighted by atomic mass is 10.1. The summed E-state index contributed by atoms with van der Waals surface area (Å²) in [6.45, 7) is 0.596. The maximum Gasteiger partial charge on any atom is 0.243 e. The Morgan fingerprint density at radius 1 is 1.40 bits per heavy atom. The predicted octanol–water partition coefficient (Wildman–Crippen LogP) is 1.15. The molecule has 3 rings (SSSR count). The average molecular weight is 339 g/mol. The Balaban J connectivity index is 1.54. The van der Waals surface area contributed by atoms with Gasteiger partial charge in [-0.15, -0.1) is 0 Å². The molecule has 106 valence electrons. The maximum absolute atomic E-state index is 11.6. The Labute approximate surface area is 125 Å². The van der Waals surface area contributed by atoms with Crippen molar-refractivity contribution in [3.05, 3.63) is 28.2 Å². The molecule has 0 spiro atoms. The topological polar surface area (TPSA) is 67.4 Å². The maximum atomic E-state index is 11.6. The van der Waals surface area contributed by atoms with E-state index in [-0.39, 0.29) is 24.0 Å². The number of hydrogen-bond acceptors (Lipinski definition) is 4. The summed E-state index contributed by atoms with van der Waals surface area (Å²) in [6.07, 6.45) is 1.80. The van der Waals surface area contributed by atoms with Crippen molar-refractivity contribution in [2.24, 2.45) is 0 Å². The van der Waals surface area contributed by atoms with E-state index in [2.05, 4.69) is 32.6 Å². The highest BCUT2D eigenvalue weighted by Gasteiger charge is 2.29. The molecule has 0 bridgehead atoms. The summed E-state index contributed by atoms with van der Waals surface area (Å²) < 4.78 is 6.87. The fraction of sp³-hybridized carbons (Fsp3) is 0.429. The van der Waals surface area contributed by atoms with Crippen molar-refractivity contribution in [1.29, 1.82) is 0 Å². The van der Waals surface area contributed by atoms with Crippen LogP contribution in [-0.2, 0) is 16.0 Å². The van der Waals surface area contributed by atoms with Crippen LogP contribution in [0, 0.1) is 0 Å². The highest BCUT2D eigenvalue weighted by Crippen LogP contribution is 2.31. The summed E-state index contributed by atoms with van der Waals surface area (Å²) in [5, 5.41) is 5.52. The zero-order chi connectivity index (χ0) is 14.1. The minimum absolute atomic E-state index is 0.0322. The first-order valence-electron chi connectivity index (χ1n) is 6.64. The van der Waals surface area contributed by atoms with E-state index in [1.807, 2.05) is 12.1 Å². The number of hydrogen-bond donors (Lipinski definition) is 2. The van der Waals surface area contributed by atoms with Gasteiger partial charge in [0.1, 0.15) is 11.9 Å². The second kappa shape index (κ2) is 5.54. The van der Waals surface area contributed by atoms with E-state index in [4.69, 9.17) is 4.74 Å². The lowest BCUT2D eigenvalue weighted by Crippen LogP contribution is -2.52. The fourth-order valence-electron chi connectivity index (χ4n) is 2.56. The molecule has 2 heterocycles. The largest absolute Gasteiger partial charge is 0.488 e. The molecule has 2 unspecified atom stereocenters. The van der Waals surface area contributed by atoms with Crippen molar-refractivity contribution in [3.8, 4) is 5.75 Å². The summed E-state index contributed by atoms with van der Waals surface area (Å²) in [5.74, 6) is 0.477. The van der Waals surface area contributed by atoms with Crippen LogP contribution in [0.15, 0.2) is 22.7 Å². The SMILES string of the molecule is O=C1CCC(NCC2Cc3cc(Br)ccc3O2)C(=O)N1. The Hall–Kier alpha value is -1.40. The molecule has 1 aromatic rings. The number of imide groups is 1. The van der Waals surface area contributed by atoms with Gasteiger partial charge in [-0.05, 0) is 30.2 Å². The highest BCUT2D eigenvalue weighted by molar-refractivity contribution is 9.10. The van der Waals surface area contributed by atoms with Gasteiger partial charge in [0.25, 0.3) is 0 Å². The third kappa shape index (κ3) is 2.86. The van der Waals surface area contributed by atoms with Gasteiger partial charge < -0.3 is 10.1 Å². The number of halogens is 1. The molecule has 2 aliphatic rings. The molecule has 1 saturated heterocycles. The number of piperidine rings is 1. The normalized spacial score (nSPS) is 25.1. The Morgan fingerprint density at radius 2 is 2.25 bits per heavy atom. The van der Waals surface area contributed by atoms with Crippen LogP contribution in [0.1, 0.15) is 18.4 Å². The quantitative estimate of drug-likeness (QED) is 0.811.